The third-order valence-electron chi connectivity index (χ3n) is 19.7. The largest absolute Gasteiger partial charge is 0.457 e. The third-order valence-corrected chi connectivity index (χ3v) is 19.7. The summed E-state index contributed by atoms with van der Waals surface area (Å²) in [6.45, 7) is 50.0. The number of hydrogen-bond donors (Lipinski definition) is 0. The van der Waals surface area contributed by atoms with E-state index in [-0.39, 0.29) is 89.6 Å². The van der Waals surface area contributed by atoms with Crippen LogP contribution >= 0.6 is 0 Å². The Kier molecular flexibility index (Phi) is 17.8. The number of nitrogens with zero attached hydrogens (tertiary/aromatic N) is 1. The second-order valence-corrected chi connectivity index (χ2v) is 34.4. The average Bonchev–Trinajstić information content (AvgIpc) is 0.673. The Morgan fingerprint density at radius 3 is 1.07 bits per heavy atom. The summed E-state index contributed by atoms with van der Waals surface area (Å²) in [6.07, 6.45) is 4.81. The van der Waals surface area contributed by atoms with Gasteiger partial charge in [0.05, 0.1) is 27.9 Å². The molecule has 0 atom stereocenters. The molecule has 10 heteroatoms. The first-order valence-electron chi connectivity index (χ1n) is 35.3. The molecule has 100 heavy (non-hydrogen) atoms. The molecule has 516 valence electrons. The number of anilines is 1. The van der Waals surface area contributed by atoms with Crippen LogP contribution in [0.3, 0.4) is 0 Å². The predicted molar refractivity (Wildman–Crippen MR) is 409 cm³/mol. The fourth-order valence-electron chi connectivity index (χ4n) is 16.3. The Balaban J connectivity index is 1.26. The van der Waals surface area contributed by atoms with Crippen LogP contribution in [0, 0.1) is 16.2 Å². The van der Waals surface area contributed by atoms with Gasteiger partial charge in [0.1, 0.15) is 46.0 Å². The van der Waals surface area contributed by atoms with Gasteiger partial charge in [-0.25, -0.2) is 14.5 Å². The summed E-state index contributed by atoms with van der Waals surface area (Å²) in [7, 11) is 0. The van der Waals surface area contributed by atoms with Gasteiger partial charge in [0.25, 0.3) is 11.8 Å². The van der Waals surface area contributed by atoms with Gasteiger partial charge < -0.3 is 23.7 Å². The fourth-order valence-corrected chi connectivity index (χ4v) is 16.3. The molecule has 12 rings (SSSR count). The Labute approximate surface area is 591 Å². The molecule has 2 heterocycles. The van der Waals surface area contributed by atoms with Crippen LogP contribution in [0.25, 0.3) is 48.7 Å². The van der Waals surface area contributed by atoms with Crippen molar-refractivity contribution >= 4 is 78.1 Å². The van der Waals surface area contributed by atoms with Crippen molar-refractivity contribution in [2.24, 2.45) is 16.2 Å². The lowest BCUT2D eigenvalue weighted by atomic mass is 9.72. The molecule has 0 N–H and O–H groups in total. The molecule has 2 aliphatic rings. The number of ether oxygens (including phenoxy) is 5. The molecule has 2 aliphatic heterocycles. The number of hydrogen-bond acceptors (Lipinski definition) is 9. The van der Waals surface area contributed by atoms with Gasteiger partial charge in [0.15, 0.2) is 0 Å². The third kappa shape index (κ3) is 13.4. The van der Waals surface area contributed by atoms with Gasteiger partial charge in [-0.05, 0) is 189 Å². The quantitative estimate of drug-likeness (QED) is 0.0195. The number of allylic oxidation sites excluding steroid dienone is 3. The lowest BCUT2D eigenvalue weighted by Crippen LogP contribution is -2.42. The Morgan fingerprint density at radius 2 is 0.750 bits per heavy atom. The van der Waals surface area contributed by atoms with Crippen molar-refractivity contribution in [3.8, 4) is 46.0 Å². The summed E-state index contributed by atoms with van der Waals surface area (Å²) in [5.74, 6) is -0.322. The first kappa shape index (κ1) is 70.3. The zero-order valence-electron chi connectivity index (χ0n) is 62.5. The maximum Gasteiger partial charge on any atom is 0.346 e. The summed E-state index contributed by atoms with van der Waals surface area (Å²) < 4.78 is 35.2. The number of carbonyl (C=O) groups excluding carboxylic acids is 4. The first-order valence-corrected chi connectivity index (χ1v) is 35.3. The zero-order chi connectivity index (χ0) is 72.4. The van der Waals surface area contributed by atoms with Crippen molar-refractivity contribution in [2.45, 2.75) is 193 Å². The van der Waals surface area contributed by atoms with Crippen LogP contribution in [0.5, 0.6) is 46.0 Å². The monoisotopic (exact) mass is 1340 g/mol. The second-order valence-electron chi connectivity index (χ2n) is 34.4. The number of cyclic esters (lactones) is 2. The highest BCUT2D eigenvalue weighted by molar-refractivity contribution is 6.46. The van der Waals surface area contributed by atoms with Gasteiger partial charge in [-0.1, -0.05) is 210 Å². The minimum Gasteiger partial charge on any atom is -0.457 e. The molecule has 0 unspecified atom stereocenters. The van der Waals surface area contributed by atoms with Gasteiger partial charge in [0.2, 0.25) is 0 Å². The van der Waals surface area contributed by atoms with Gasteiger partial charge in [-0.3, -0.25) is 9.59 Å². The second kappa shape index (κ2) is 25.3. The van der Waals surface area contributed by atoms with E-state index in [2.05, 4.69) is 188 Å². The van der Waals surface area contributed by atoms with Gasteiger partial charge in [-0.2, -0.15) is 0 Å². The van der Waals surface area contributed by atoms with Crippen LogP contribution in [-0.2, 0) is 21.0 Å². The maximum absolute atomic E-state index is 16.6. The molecule has 10 aromatic carbocycles. The highest BCUT2D eigenvalue weighted by Crippen LogP contribution is 2.59. The normalized spacial score (nSPS) is 14.2. The number of benzene rings is 10. The summed E-state index contributed by atoms with van der Waals surface area (Å²) in [6, 6.07) is 44.7. The van der Waals surface area contributed by atoms with Crippen molar-refractivity contribution < 1.29 is 42.9 Å². The molecule has 0 fully saturated rings. The van der Waals surface area contributed by atoms with Crippen molar-refractivity contribution in [1.82, 2.24) is 0 Å². The van der Waals surface area contributed by atoms with Gasteiger partial charge in [-0.15, -0.1) is 6.58 Å². The molecule has 0 radical (unpaired) electrons. The van der Waals surface area contributed by atoms with Gasteiger partial charge in [0, 0.05) is 43.1 Å². The van der Waals surface area contributed by atoms with Crippen molar-refractivity contribution in [2.75, 3.05) is 4.90 Å². The Morgan fingerprint density at radius 1 is 0.430 bits per heavy atom. The van der Waals surface area contributed by atoms with Crippen LogP contribution in [0.15, 0.2) is 158 Å². The van der Waals surface area contributed by atoms with E-state index in [4.69, 9.17) is 23.7 Å². The molecule has 10 aromatic rings. The SMILES string of the molecule is C=C(C)CC(C)(C)c1ccc(Oc2cc3c4c(cc(Oc5ccc(C(C)(C)CC(C)(C)C)cc5)c5c6c(Oc7ccc(C(C)(C)CC(C)(C)C)cc7)cc7c8c(cc(Oc9ccc(/C(C)=C/C(C)(C)C)cc9)c(c2c45)c86)C(=O)OC7=O)C(=O)N(c2c(C(C)C)cccc2C(C)C)C3=O)cc1. The molecule has 0 saturated heterocycles. The molecular weight excluding hydrogens is 1240 g/mol. The average molecular weight is 1340 g/mol. The first-order chi connectivity index (χ1) is 46.7. The lowest BCUT2D eigenvalue weighted by Gasteiger charge is -2.34. The number of amides is 2. The zero-order valence-corrected chi connectivity index (χ0v) is 62.5. The minimum absolute atomic E-state index is 0.0348. The lowest BCUT2D eigenvalue weighted by molar-refractivity contribution is 0.0390. The molecule has 0 saturated carbocycles. The number of imide groups is 1. The topological polar surface area (TPSA) is 118 Å². The van der Waals surface area contributed by atoms with E-state index >= 15 is 9.59 Å². The molecule has 0 aliphatic carbocycles. The van der Waals surface area contributed by atoms with Crippen molar-refractivity contribution in [3.05, 3.63) is 213 Å². The van der Waals surface area contributed by atoms with Crippen molar-refractivity contribution in [3.63, 3.8) is 0 Å². The number of esters is 2. The highest BCUT2D eigenvalue weighted by Gasteiger charge is 2.43. The number of carbonyl (C=O) groups is 4. The highest BCUT2D eigenvalue weighted by atomic mass is 16.6. The molecular formula is C90H97NO9. The summed E-state index contributed by atoms with van der Waals surface area (Å²) in [5.41, 5.74) is 8.50. The van der Waals surface area contributed by atoms with Crippen LogP contribution in [0.1, 0.15) is 251 Å². The summed E-state index contributed by atoms with van der Waals surface area (Å²) >= 11 is 0. The van der Waals surface area contributed by atoms with E-state index in [1.54, 1.807) is 24.3 Å². The van der Waals surface area contributed by atoms with Crippen molar-refractivity contribution in [1.29, 1.82) is 0 Å². The Hall–Kier alpha value is -9.54. The van der Waals surface area contributed by atoms with Crippen LogP contribution < -0.4 is 23.8 Å². The summed E-state index contributed by atoms with van der Waals surface area (Å²) in [4.78, 5) is 64.2. The minimum atomic E-state index is -0.868. The number of fused-ring (bicyclic) bond motifs is 2. The van der Waals surface area contributed by atoms with E-state index in [1.165, 1.54) is 4.90 Å². The molecule has 0 aromatic heterocycles. The summed E-state index contributed by atoms with van der Waals surface area (Å²) in [5, 5.41) is 3.13. The molecule has 0 spiro atoms. The van der Waals surface area contributed by atoms with E-state index in [1.807, 2.05) is 85.8 Å². The van der Waals surface area contributed by atoms with Crippen LogP contribution in [-0.4, -0.2) is 23.8 Å². The molecule has 0 bridgehead atoms. The smallest absolute Gasteiger partial charge is 0.346 e. The molecule has 2 amide bonds. The van der Waals surface area contributed by atoms with E-state index in [0.717, 1.165) is 63.8 Å². The predicted octanol–water partition coefficient (Wildman–Crippen LogP) is 25.4. The number of para-hydroxylation sites is 1. The molecule has 10 nitrogen and oxygen atoms in total. The van der Waals surface area contributed by atoms with E-state index in [0.29, 0.717) is 71.8 Å². The van der Waals surface area contributed by atoms with Crippen LogP contribution in [0.4, 0.5) is 5.69 Å². The van der Waals surface area contributed by atoms with Gasteiger partial charge >= 0.3 is 11.9 Å². The maximum atomic E-state index is 16.6. The standard InChI is InChI=1S/C90H97NO9/c1-50(2)46-88(17,18)55-28-36-59(37-29-55)97-68-42-64-72-65(82(93)91(81(64)92)80-62(51(3)4)24-23-25-63(80)52(5)6)43-69(98-60-38-30-56(31-39-60)89(19,20)48-86(11,12)13)75-77-71(99-61-40-32-57(33-41-61)90(21,22)49-87(14,15)16)45-67-73-66(83(94)100-84(67)95)44-70(76(79(73)77)74(68)78(72)75)96-58-34-26-54(27-35-58)53(7)47-85(8,9)10/h23-45,47,51-52H,1,46,48-49H2,2-22H3/b53-47+. The number of rotatable bonds is 19. The Bertz CT molecular complexity index is 4970. The van der Waals surface area contributed by atoms with Crippen LogP contribution in [0.2, 0.25) is 0 Å². The van der Waals surface area contributed by atoms with E-state index < -0.39 is 23.8 Å². The van der Waals surface area contributed by atoms with E-state index in [9.17, 15) is 9.59 Å². The fraction of sp³-hybridized carbons (Fsp3) is 0.356.